The lowest BCUT2D eigenvalue weighted by molar-refractivity contribution is 0.265. The molecular formula is C16H13N3O2. The van der Waals surface area contributed by atoms with Gasteiger partial charge in [-0.3, -0.25) is 0 Å². The lowest BCUT2D eigenvalue weighted by Gasteiger charge is -2.07. The van der Waals surface area contributed by atoms with Crippen LogP contribution >= 0.6 is 0 Å². The van der Waals surface area contributed by atoms with Gasteiger partial charge in [0.1, 0.15) is 11.3 Å². The molecule has 1 aromatic heterocycles. The number of oxazole rings is 1. The second-order valence-corrected chi connectivity index (χ2v) is 4.68. The molecule has 0 fully saturated rings. The molecule has 0 saturated carbocycles. The summed E-state index contributed by atoms with van der Waals surface area (Å²) >= 11 is 0. The fourth-order valence-electron chi connectivity index (χ4n) is 2.04. The van der Waals surface area contributed by atoms with Gasteiger partial charge in [-0.1, -0.05) is 12.1 Å². The summed E-state index contributed by atoms with van der Waals surface area (Å²) < 4.78 is 11.3. The Kier molecular flexibility index (Phi) is 3.20. The van der Waals surface area contributed by atoms with Gasteiger partial charge < -0.3 is 14.9 Å². The van der Waals surface area contributed by atoms with Crippen molar-refractivity contribution in [1.82, 2.24) is 4.98 Å². The van der Waals surface area contributed by atoms with Crippen molar-refractivity contribution in [3.63, 3.8) is 0 Å². The largest absolute Gasteiger partial charge is 0.484 e. The highest BCUT2D eigenvalue weighted by Crippen LogP contribution is 2.24. The minimum Gasteiger partial charge on any atom is -0.484 e. The quantitative estimate of drug-likeness (QED) is 0.744. The van der Waals surface area contributed by atoms with Crippen LogP contribution in [0.15, 0.2) is 40.8 Å². The Bertz CT molecular complexity index is 846. The Labute approximate surface area is 121 Å². The number of benzene rings is 2. The van der Waals surface area contributed by atoms with Crippen molar-refractivity contribution in [3.05, 3.63) is 53.4 Å². The maximum atomic E-state index is 8.91. The van der Waals surface area contributed by atoms with E-state index in [0.717, 1.165) is 5.56 Å². The number of para-hydroxylation sites is 1. The molecule has 3 rings (SSSR count). The topological polar surface area (TPSA) is 85.1 Å². The third-order valence-corrected chi connectivity index (χ3v) is 3.16. The first-order valence-corrected chi connectivity index (χ1v) is 6.45. The maximum absolute atomic E-state index is 8.91. The van der Waals surface area contributed by atoms with Crippen LogP contribution in [0.25, 0.3) is 11.1 Å². The third-order valence-electron chi connectivity index (χ3n) is 3.16. The Hall–Kier alpha value is -3.00. The van der Waals surface area contributed by atoms with E-state index in [1.54, 1.807) is 18.2 Å². The fourth-order valence-corrected chi connectivity index (χ4v) is 2.04. The zero-order valence-electron chi connectivity index (χ0n) is 11.5. The van der Waals surface area contributed by atoms with Gasteiger partial charge in [0.05, 0.1) is 17.3 Å². The number of hydrogen-bond acceptors (Lipinski definition) is 5. The van der Waals surface area contributed by atoms with E-state index in [2.05, 4.69) is 11.1 Å². The number of aromatic nitrogens is 1. The van der Waals surface area contributed by atoms with E-state index in [-0.39, 0.29) is 6.61 Å². The Morgan fingerprint density at radius 2 is 2.19 bits per heavy atom. The van der Waals surface area contributed by atoms with Gasteiger partial charge in [-0.2, -0.15) is 5.26 Å². The van der Waals surface area contributed by atoms with Crippen molar-refractivity contribution >= 4 is 16.8 Å². The van der Waals surface area contributed by atoms with Crippen molar-refractivity contribution in [2.45, 2.75) is 13.5 Å². The average Bonchev–Trinajstić information content (AvgIpc) is 2.91. The zero-order chi connectivity index (χ0) is 14.8. The third kappa shape index (κ3) is 2.51. The van der Waals surface area contributed by atoms with E-state index in [4.69, 9.17) is 20.1 Å². The molecule has 0 spiro atoms. The van der Waals surface area contributed by atoms with Gasteiger partial charge in [0.2, 0.25) is 5.89 Å². The molecule has 2 N–H and O–H groups in total. The average molecular weight is 279 g/mol. The van der Waals surface area contributed by atoms with Gasteiger partial charge in [-0.25, -0.2) is 4.98 Å². The van der Waals surface area contributed by atoms with E-state index in [1.165, 1.54) is 0 Å². The molecular weight excluding hydrogens is 266 g/mol. The van der Waals surface area contributed by atoms with E-state index in [0.29, 0.717) is 34.0 Å². The molecule has 5 nitrogen and oxygen atoms in total. The molecule has 0 aliphatic carbocycles. The van der Waals surface area contributed by atoms with Crippen LogP contribution in [0.3, 0.4) is 0 Å². The monoisotopic (exact) mass is 279 g/mol. The first-order valence-electron chi connectivity index (χ1n) is 6.45. The minimum atomic E-state index is 0.184. The molecule has 0 atom stereocenters. The van der Waals surface area contributed by atoms with Crippen LogP contribution in [-0.2, 0) is 6.61 Å². The van der Waals surface area contributed by atoms with Crippen LogP contribution in [0.4, 0.5) is 5.69 Å². The molecule has 0 aliphatic rings. The van der Waals surface area contributed by atoms with Crippen molar-refractivity contribution in [2.75, 3.05) is 5.73 Å². The molecule has 2 aromatic carbocycles. The highest BCUT2D eigenvalue weighted by molar-refractivity contribution is 5.85. The highest BCUT2D eigenvalue weighted by Gasteiger charge is 2.09. The van der Waals surface area contributed by atoms with Gasteiger partial charge in [-0.15, -0.1) is 0 Å². The predicted octanol–water partition coefficient (Wildman–Crippen LogP) is 3.17. The fraction of sp³-hybridized carbons (Fsp3) is 0.125. The molecule has 5 heteroatoms. The lowest BCUT2D eigenvalue weighted by atomic mass is 10.1. The van der Waals surface area contributed by atoms with Gasteiger partial charge in [0.25, 0.3) is 0 Å². The first-order chi connectivity index (χ1) is 10.2. The molecule has 1 heterocycles. The van der Waals surface area contributed by atoms with Crippen molar-refractivity contribution in [2.24, 2.45) is 0 Å². The first kappa shape index (κ1) is 13.0. The number of ether oxygens (including phenoxy) is 1. The van der Waals surface area contributed by atoms with Gasteiger partial charge >= 0.3 is 0 Å². The van der Waals surface area contributed by atoms with Crippen LogP contribution in [0, 0.1) is 18.3 Å². The summed E-state index contributed by atoms with van der Waals surface area (Å²) in [5.41, 5.74) is 9.19. The second kappa shape index (κ2) is 5.17. The number of rotatable bonds is 3. The summed E-state index contributed by atoms with van der Waals surface area (Å²) in [6.07, 6.45) is 0. The predicted molar refractivity (Wildman–Crippen MR) is 78.6 cm³/mol. The van der Waals surface area contributed by atoms with E-state index < -0.39 is 0 Å². The van der Waals surface area contributed by atoms with Crippen molar-refractivity contribution < 1.29 is 9.15 Å². The van der Waals surface area contributed by atoms with E-state index in [1.807, 2.05) is 25.1 Å². The minimum absolute atomic E-state index is 0.184. The molecule has 0 aliphatic heterocycles. The Morgan fingerprint density at radius 3 is 2.95 bits per heavy atom. The molecule has 21 heavy (non-hydrogen) atoms. The van der Waals surface area contributed by atoms with Crippen LogP contribution in [-0.4, -0.2) is 4.98 Å². The lowest BCUT2D eigenvalue weighted by Crippen LogP contribution is -1.97. The number of nitrogens with two attached hydrogens (primary N) is 1. The summed E-state index contributed by atoms with van der Waals surface area (Å²) in [4.78, 5) is 4.32. The number of fused-ring (bicyclic) bond motifs is 1. The standard InChI is InChI=1S/C16H13N3O2/c1-10-5-6-11(8-17)7-14(10)20-9-15-19-16-12(18)3-2-4-13(16)21-15/h2-7H,9,18H2,1H3. The summed E-state index contributed by atoms with van der Waals surface area (Å²) in [5, 5.41) is 8.91. The summed E-state index contributed by atoms with van der Waals surface area (Å²) in [7, 11) is 0. The normalized spacial score (nSPS) is 10.5. The van der Waals surface area contributed by atoms with Gasteiger partial charge in [-0.05, 0) is 36.8 Å². The van der Waals surface area contributed by atoms with Crippen LogP contribution in [0.5, 0.6) is 5.75 Å². The Morgan fingerprint density at radius 1 is 1.33 bits per heavy atom. The zero-order valence-corrected chi connectivity index (χ0v) is 11.5. The number of nitrogen functional groups attached to an aromatic ring is 1. The van der Waals surface area contributed by atoms with Gasteiger partial charge in [0, 0.05) is 0 Å². The second-order valence-electron chi connectivity index (χ2n) is 4.68. The van der Waals surface area contributed by atoms with E-state index >= 15 is 0 Å². The summed E-state index contributed by atoms with van der Waals surface area (Å²) in [6.45, 7) is 2.10. The SMILES string of the molecule is Cc1ccc(C#N)cc1OCc1nc2c(N)cccc2o1. The van der Waals surface area contributed by atoms with Crippen LogP contribution < -0.4 is 10.5 Å². The van der Waals surface area contributed by atoms with Gasteiger partial charge in [0.15, 0.2) is 12.2 Å². The number of hydrogen-bond donors (Lipinski definition) is 1. The summed E-state index contributed by atoms with van der Waals surface area (Å²) in [5.74, 6) is 1.09. The molecule has 0 bridgehead atoms. The van der Waals surface area contributed by atoms with Crippen molar-refractivity contribution in [3.8, 4) is 11.8 Å². The van der Waals surface area contributed by atoms with E-state index in [9.17, 15) is 0 Å². The Balaban J connectivity index is 1.84. The number of aryl methyl sites for hydroxylation is 1. The van der Waals surface area contributed by atoms with Crippen LogP contribution in [0.1, 0.15) is 17.0 Å². The number of nitriles is 1. The molecule has 0 amide bonds. The smallest absolute Gasteiger partial charge is 0.233 e. The van der Waals surface area contributed by atoms with Crippen molar-refractivity contribution in [1.29, 1.82) is 5.26 Å². The van der Waals surface area contributed by atoms with Crippen LogP contribution in [0.2, 0.25) is 0 Å². The molecule has 0 radical (unpaired) electrons. The molecule has 3 aromatic rings. The summed E-state index contributed by atoms with van der Waals surface area (Å²) in [6, 6.07) is 12.8. The maximum Gasteiger partial charge on any atom is 0.233 e. The highest BCUT2D eigenvalue weighted by atomic mass is 16.5. The molecule has 0 saturated heterocycles. The number of anilines is 1. The molecule has 0 unspecified atom stereocenters. The molecule has 104 valence electrons. The number of nitrogens with zero attached hydrogens (tertiary/aromatic N) is 2.